The first kappa shape index (κ1) is 13.0. The molecule has 88 valence electrons. The van der Waals surface area contributed by atoms with E-state index >= 15 is 0 Å². The summed E-state index contributed by atoms with van der Waals surface area (Å²) < 4.78 is 6.61. The lowest BCUT2D eigenvalue weighted by Gasteiger charge is -2.12. The number of rotatable bonds is 6. The van der Waals surface area contributed by atoms with Crippen molar-refractivity contribution in [2.75, 3.05) is 6.61 Å². The summed E-state index contributed by atoms with van der Waals surface area (Å²) in [7, 11) is 0. The van der Waals surface area contributed by atoms with Crippen LogP contribution in [0.1, 0.15) is 19.8 Å². The molecule has 0 saturated heterocycles. The van der Waals surface area contributed by atoms with Crippen molar-refractivity contribution in [3.63, 3.8) is 0 Å². The van der Waals surface area contributed by atoms with Crippen LogP contribution in [0, 0.1) is 5.92 Å². The molecule has 2 N–H and O–H groups in total. The Balaban J connectivity index is 2.28. The molecule has 0 aromatic heterocycles. The van der Waals surface area contributed by atoms with Gasteiger partial charge in [0, 0.05) is 10.9 Å². The first-order valence-corrected chi connectivity index (χ1v) is 6.04. The predicted octanol–water partition coefficient (Wildman–Crippen LogP) is 2.73. The number of amides is 1. The minimum absolute atomic E-state index is 0.254. The Kier molecular flexibility index (Phi) is 5.32. The van der Waals surface area contributed by atoms with Crippen molar-refractivity contribution in [3.05, 3.63) is 28.7 Å². The van der Waals surface area contributed by atoms with E-state index in [0.29, 0.717) is 18.9 Å². The van der Waals surface area contributed by atoms with E-state index < -0.39 is 0 Å². The maximum absolute atomic E-state index is 10.6. The molecule has 16 heavy (non-hydrogen) atoms. The maximum atomic E-state index is 10.6. The summed E-state index contributed by atoms with van der Waals surface area (Å²) in [5.41, 5.74) is 5.08. The first-order chi connectivity index (χ1) is 7.58. The number of halogens is 1. The van der Waals surface area contributed by atoms with Crippen LogP contribution in [0.2, 0.25) is 0 Å². The number of nitrogens with two attached hydrogens (primary N) is 1. The fourth-order valence-corrected chi connectivity index (χ4v) is 1.51. The molecule has 0 spiro atoms. The molecule has 0 unspecified atom stereocenters. The molecule has 0 aliphatic rings. The standard InChI is InChI=1S/C12H16BrNO2/c1-9(2-7-12(14)15)8-16-11-5-3-10(13)4-6-11/h3-6,9H,2,7-8H2,1H3,(H2,14,15)/t9-/m0/s1. The van der Waals surface area contributed by atoms with Crippen molar-refractivity contribution in [3.8, 4) is 5.75 Å². The summed E-state index contributed by atoms with van der Waals surface area (Å²) >= 11 is 3.36. The lowest BCUT2D eigenvalue weighted by molar-refractivity contribution is -0.118. The second kappa shape index (κ2) is 6.53. The third-order valence-corrected chi connectivity index (χ3v) is 2.76. The van der Waals surface area contributed by atoms with Crippen LogP contribution in [0.25, 0.3) is 0 Å². The van der Waals surface area contributed by atoms with Gasteiger partial charge in [-0.1, -0.05) is 22.9 Å². The van der Waals surface area contributed by atoms with Gasteiger partial charge in [-0.25, -0.2) is 0 Å². The number of ether oxygens (including phenoxy) is 1. The summed E-state index contributed by atoms with van der Waals surface area (Å²) in [6.45, 7) is 2.65. The Hall–Kier alpha value is -1.03. The minimum Gasteiger partial charge on any atom is -0.493 e. The van der Waals surface area contributed by atoms with Crippen LogP contribution in [0.3, 0.4) is 0 Å². The maximum Gasteiger partial charge on any atom is 0.217 e. The monoisotopic (exact) mass is 285 g/mol. The van der Waals surface area contributed by atoms with Gasteiger partial charge in [-0.2, -0.15) is 0 Å². The molecule has 0 heterocycles. The highest BCUT2D eigenvalue weighted by Crippen LogP contribution is 2.17. The Morgan fingerprint density at radius 3 is 2.62 bits per heavy atom. The SMILES string of the molecule is C[C@@H](CCC(N)=O)COc1ccc(Br)cc1. The molecule has 3 nitrogen and oxygen atoms in total. The van der Waals surface area contributed by atoms with Crippen molar-refractivity contribution in [1.29, 1.82) is 0 Å². The van der Waals surface area contributed by atoms with E-state index in [1.54, 1.807) is 0 Å². The van der Waals surface area contributed by atoms with Crippen LogP contribution in [-0.4, -0.2) is 12.5 Å². The van der Waals surface area contributed by atoms with Crippen LogP contribution in [0.4, 0.5) is 0 Å². The van der Waals surface area contributed by atoms with Crippen LogP contribution >= 0.6 is 15.9 Å². The normalized spacial score (nSPS) is 12.1. The topological polar surface area (TPSA) is 52.3 Å². The Labute approximate surface area is 104 Å². The van der Waals surface area contributed by atoms with Crippen LogP contribution in [0.15, 0.2) is 28.7 Å². The Morgan fingerprint density at radius 1 is 1.44 bits per heavy atom. The molecule has 4 heteroatoms. The Morgan fingerprint density at radius 2 is 2.06 bits per heavy atom. The average molecular weight is 286 g/mol. The molecule has 0 aliphatic carbocycles. The van der Waals surface area contributed by atoms with Gasteiger partial charge in [0.15, 0.2) is 0 Å². The highest BCUT2D eigenvalue weighted by atomic mass is 79.9. The van der Waals surface area contributed by atoms with Gasteiger partial charge >= 0.3 is 0 Å². The van der Waals surface area contributed by atoms with E-state index in [1.165, 1.54) is 0 Å². The van der Waals surface area contributed by atoms with E-state index in [9.17, 15) is 4.79 Å². The summed E-state index contributed by atoms with van der Waals surface area (Å²) in [5, 5.41) is 0. The van der Waals surface area contributed by atoms with Gasteiger partial charge in [0.2, 0.25) is 5.91 Å². The van der Waals surface area contributed by atoms with Crippen LogP contribution < -0.4 is 10.5 Å². The van der Waals surface area contributed by atoms with Crippen molar-refractivity contribution >= 4 is 21.8 Å². The molecule has 0 fully saturated rings. The van der Waals surface area contributed by atoms with Gasteiger partial charge in [0.1, 0.15) is 5.75 Å². The smallest absolute Gasteiger partial charge is 0.217 e. The molecular formula is C12H16BrNO2. The average Bonchev–Trinajstić information content (AvgIpc) is 2.25. The zero-order chi connectivity index (χ0) is 12.0. The lowest BCUT2D eigenvalue weighted by Crippen LogP contribution is -2.15. The number of primary amides is 1. The number of hydrogen-bond acceptors (Lipinski definition) is 2. The quantitative estimate of drug-likeness (QED) is 0.874. The fraction of sp³-hybridized carbons (Fsp3) is 0.417. The van der Waals surface area contributed by atoms with E-state index in [1.807, 2.05) is 31.2 Å². The molecule has 1 aromatic rings. The lowest BCUT2D eigenvalue weighted by atomic mass is 10.1. The number of benzene rings is 1. The molecule has 1 aromatic carbocycles. The van der Waals surface area contributed by atoms with Gasteiger partial charge < -0.3 is 10.5 Å². The van der Waals surface area contributed by atoms with Crippen molar-refractivity contribution < 1.29 is 9.53 Å². The van der Waals surface area contributed by atoms with Crippen molar-refractivity contribution in [2.45, 2.75) is 19.8 Å². The van der Waals surface area contributed by atoms with Crippen molar-refractivity contribution in [1.82, 2.24) is 0 Å². The molecule has 1 rings (SSSR count). The zero-order valence-corrected chi connectivity index (χ0v) is 10.9. The molecule has 0 saturated carbocycles. The summed E-state index contributed by atoms with van der Waals surface area (Å²) in [6, 6.07) is 7.68. The second-order valence-electron chi connectivity index (χ2n) is 3.88. The van der Waals surface area contributed by atoms with Gasteiger partial charge in [-0.15, -0.1) is 0 Å². The van der Waals surface area contributed by atoms with Gasteiger partial charge in [-0.05, 0) is 36.6 Å². The number of carbonyl (C=O) groups excluding carboxylic acids is 1. The summed E-state index contributed by atoms with van der Waals surface area (Å²) in [5.74, 6) is 0.917. The number of carbonyl (C=O) groups is 1. The van der Waals surface area contributed by atoms with Gasteiger partial charge in [-0.3, -0.25) is 4.79 Å². The van der Waals surface area contributed by atoms with E-state index in [0.717, 1.165) is 16.6 Å². The van der Waals surface area contributed by atoms with E-state index in [-0.39, 0.29) is 5.91 Å². The molecule has 0 bridgehead atoms. The van der Waals surface area contributed by atoms with Gasteiger partial charge in [0.25, 0.3) is 0 Å². The summed E-state index contributed by atoms with van der Waals surface area (Å²) in [6.07, 6.45) is 1.19. The largest absolute Gasteiger partial charge is 0.493 e. The number of hydrogen-bond donors (Lipinski definition) is 1. The third kappa shape index (κ3) is 5.16. The van der Waals surface area contributed by atoms with Crippen LogP contribution in [0.5, 0.6) is 5.75 Å². The first-order valence-electron chi connectivity index (χ1n) is 5.24. The highest BCUT2D eigenvalue weighted by Gasteiger charge is 2.05. The molecular weight excluding hydrogens is 270 g/mol. The molecule has 0 aliphatic heterocycles. The van der Waals surface area contributed by atoms with E-state index in [4.69, 9.17) is 10.5 Å². The van der Waals surface area contributed by atoms with E-state index in [2.05, 4.69) is 15.9 Å². The summed E-state index contributed by atoms with van der Waals surface area (Å²) in [4.78, 5) is 10.6. The van der Waals surface area contributed by atoms with Crippen molar-refractivity contribution in [2.24, 2.45) is 11.7 Å². The third-order valence-electron chi connectivity index (χ3n) is 2.23. The minimum atomic E-state index is -0.254. The molecule has 1 amide bonds. The second-order valence-corrected chi connectivity index (χ2v) is 4.79. The predicted molar refractivity (Wildman–Crippen MR) is 67.2 cm³/mol. The Bertz CT molecular complexity index is 337. The van der Waals surface area contributed by atoms with Gasteiger partial charge in [0.05, 0.1) is 6.61 Å². The molecule has 0 radical (unpaired) electrons. The fourth-order valence-electron chi connectivity index (χ4n) is 1.24. The highest BCUT2D eigenvalue weighted by molar-refractivity contribution is 9.10. The van der Waals surface area contributed by atoms with Crippen LogP contribution in [-0.2, 0) is 4.79 Å². The molecule has 1 atom stereocenters. The zero-order valence-electron chi connectivity index (χ0n) is 9.28.